The zero-order chi connectivity index (χ0) is 23.0. The lowest BCUT2D eigenvalue weighted by molar-refractivity contribution is -0.0309. The molecule has 0 saturated carbocycles. The van der Waals surface area contributed by atoms with Crippen LogP contribution < -0.4 is 0 Å². The van der Waals surface area contributed by atoms with Crippen LogP contribution in [-0.4, -0.2) is 28.7 Å². The summed E-state index contributed by atoms with van der Waals surface area (Å²) in [7, 11) is 0. The Labute approximate surface area is 197 Å². The minimum absolute atomic E-state index is 0.0217. The maximum absolute atomic E-state index is 13.9. The van der Waals surface area contributed by atoms with E-state index in [4.69, 9.17) is 23.2 Å². The van der Waals surface area contributed by atoms with Gasteiger partial charge in [0.15, 0.2) is 0 Å². The van der Waals surface area contributed by atoms with Crippen LogP contribution >= 0.6 is 23.2 Å². The highest BCUT2D eigenvalue weighted by Crippen LogP contribution is 2.45. The van der Waals surface area contributed by atoms with Gasteiger partial charge in [0.2, 0.25) is 0 Å². The first-order valence-electron chi connectivity index (χ1n) is 10.6. The highest BCUT2D eigenvalue weighted by Gasteiger charge is 2.44. The maximum Gasteiger partial charge on any atom is 0.126 e. The molecule has 1 saturated heterocycles. The monoisotopic (exact) mass is 475 g/mol. The molecule has 0 amide bonds. The van der Waals surface area contributed by atoms with Gasteiger partial charge >= 0.3 is 0 Å². The second-order valence-corrected chi connectivity index (χ2v) is 9.87. The van der Waals surface area contributed by atoms with Crippen molar-refractivity contribution in [1.82, 2.24) is 4.90 Å². The molecule has 1 unspecified atom stereocenters. The van der Waals surface area contributed by atoms with Gasteiger partial charge in [-0.15, -0.1) is 0 Å². The van der Waals surface area contributed by atoms with Gasteiger partial charge in [-0.2, -0.15) is 0 Å². The van der Waals surface area contributed by atoms with E-state index in [1.54, 1.807) is 13.8 Å². The Bertz CT molecular complexity index is 1070. The zero-order valence-corrected chi connectivity index (χ0v) is 19.4. The van der Waals surface area contributed by atoms with E-state index in [0.717, 1.165) is 17.2 Å². The minimum Gasteiger partial charge on any atom is -0.390 e. The molecule has 3 aromatic rings. The molecule has 6 heteroatoms. The van der Waals surface area contributed by atoms with Gasteiger partial charge in [-0.1, -0.05) is 53.5 Å². The molecule has 1 fully saturated rings. The average molecular weight is 476 g/mol. The van der Waals surface area contributed by atoms with Crippen molar-refractivity contribution in [2.24, 2.45) is 5.92 Å². The molecule has 0 radical (unpaired) electrons. The Kier molecular flexibility index (Phi) is 6.60. The van der Waals surface area contributed by atoms with Crippen LogP contribution in [0.3, 0.4) is 0 Å². The molecule has 32 heavy (non-hydrogen) atoms. The molecule has 0 aromatic heterocycles. The Morgan fingerprint density at radius 1 is 0.906 bits per heavy atom. The summed E-state index contributed by atoms with van der Waals surface area (Å²) in [5.74, 6) is -1.67. The third-order valence-corrected chi connectivity index (χ3v) is 6.76. The Morgan fingerprint density at radius 3 is 2.06 bits per heavy atom. The lowest BCUT2D eigenvalue weighted by Gasteiger charge is -2.50. The van der Waals surface area contributed by atoms with E-state index in [0.29, 0.717) is 28.7 Å². The third kappa shape index (κ3) is 4.84. The third-order valence-electron chi connectivity index (χ3n) is 6.17. The number of rotatable bonds is 6. The van der Waals surface area contributed by atoms with Crippen molar-refractivity contribution in [2.75, 3.05) is 13.1 Å². The van der Waals surface area contributed by atoms with Crippen molar-refractivity contribution in [3.8, 4) is 0 Å². The van der Waals surface area contributed by atoms with Crippen LogP contribution in [0.2, 0.25) is 10.0 Å². The van der Waals surface area contributed by atoms with Crippen molar-refractivity contribution in [3.63, 3.8) is 0 Å². The summed E-state index contributed by atoms with van der Waals surface area (Å²) >= 11 is 12.7. The second-order valence-electron chi connectivity index (χ2n) is 9.02. The SMILES string of the molecule is CC(C)(O)[C@H](c1cc(F)cc(F)c1)C1CN(C(c2ccc(Cl)cc2)c2ccccc2Cl)C1. The van der Waals surface area contributed by atoms with Crippen molar-refractivity contribution in [2.45, 2.75) is 31.4 Å². The normalized spacial score (nSPS) is 17.1. The molecule has 2 atom stereocenters. The standard InChI is InChI=1S/C26H25Cl2F2NO/c1-26(2,32)24(17-11-20(29)13-21(30)12-17)18-14-31(15-18)25(16-7-9-19(27)10-8-16)22-5-3-4-6-23(22)28/h3-13,18,24-25,32H,14-15H2,1-2H3/t24-,25?/m1/s1. The van der Waals surface area contributed by atoms with Crippen LogP contribution in [0.25, 0.3) is 0 Å². The van der Waals surface area contributed by atoms with Crippen molar-refractivity contribution in [1.29, 1.82) is 0 Å². The first-order valence-corrected chi connectivity index (χ1v) is 11.3. The summed E-state index contributed by atoms with van der Waals surface area (Å²) in [5.41, 5.74) is 1.36. The van der Waals surface area contributed by atoms with Crippen LogP contribution in [0.15, 0.2) is 66.7 Å². The molecule has 4 rings (SSSR count). The molecule has 0 bridgehead atoms. The number of likely N-dealkylation sites (tertiary alicyclic amines) is 1. The summed E-state index contributed by atoms with van der Waals surface area (Å²) in [6.07, 6.45) is 0. The molecule has 1 aliphatic heterocycles. The van der Waals surface area contributed by atoms with Crippen LogP contribution in [0.1, 0.15) is 42.5 Å². The largest absolute Gasteiger partial charge is 0.390 e. The summed E-state index contributed by atoms with van der Waals surface area (Å²) in [5, 5.41) is 12.2. The molecule has 3 aromatic carbocycles. The van der Waals surface area contributed by atoms with Crippen LogP contribution in [0, 0.1) is 17.6 Å². The van der Waals surface area contributed by atoms with Crippen molar-refractivity contribution < 1.29 is 13.9 Å². The number of aliphatic hydroxyl groups is 1. The van der Waals surface area contributed by atoms with Crippen LogP contribution in [-0.2, 0) is 0 Å². The summed E-state index contributed by atoms with van der Waals surface area (Å²) in [6.45, 7) is 4.67. The van der Waals surface area contributed by atoms with E-state index in [9.17, 15) is 13.9 Å². The quantitative estimate of drug-likeness (QED) is 0.421. The van der Waals surface area contributed by atoms with Crippen LogP contribution in [0.4, 0.5) is 8.78 Å². The number of nitrogens with zero attached hydrogens (tertiary/aromatic N) is 1. The molecule has 0 aliphatic carbocycles. The molecule has 2 nitrogen and oxygen atoms in total. The predicted octanol–water partition coefficient (Wildman–Crippen LogP) is 6.85. The fraction of sp³-hybridized carbons (Fsp3) is 0.308. The Hall–Kier alpha value is -1.98. The van der Waals surface area contributed by atoms with Gasteiger partial charge in [-0.25, -0.2) is 8.78 Å². The molecule has 0 spiro atoms. The van der Waals surface area contributed by atoms with Gasteiger partial charge < -0.3 is 5.11 Å². The number of halogens is 4. The summed E-state index contributed by atoms with van der Waals surface area (Å²) in [4.78, 5) is 2.27. The lowest BCUT2D eigenvalue weighted by atomic mass is 9.71. The number of hydrogen-bond donors (Lipinski definition) is 1. The highest BCUT2D eigenvalue weighted by molar-refractivity contribution is 6.31. The van der Waals surface area contributed by atoms with Gasteiger partial charge in [-0.3, -0.25) is 4.90 Å². The first kappa shape index (κ1) is 23.2. The van der Waals surface area contributed by atoms with E-state index in [1.807, 2.05) is 48.5 Å². The topological polar surface area (TPSA) is 23.5 Å². The molecular weight excluding hydrogens is 451 g/mol. The molecular formula is C26H25Cl2F2NO. The van der Waals surface area contributed by atoms with Crippen molar-refractivity contribution >= 4 is 23.2 Å². The van der Waals surface area contributed by atoms with E-state index in [-0.39, 0.29) is 12.0 Å². The van der Waals surface area contributed by atoms with Gasteiger partial charge in [-0.05, 0) is 66.8 Å². The second kappa shape index (κ2) is 9.11. The summed E-state index contributed by atoms with van der Waals surface area (Å²) < 4.78 is 27.9. The fourth-order valence-corrected chi connectivity index (χ4v) is 5.28. The lowest BCUT2D eigenvalue weighted by Crippen LogP contribution is -2.54. The smallest absolute Gasteiger partial charge is 0.126 e. The number of hydrogen-bond acceptors (Lipinski definition) is 2. The van der Waals surface area contributed by atoms with E-state index >= 15 is 0 Å². The van der Waals surface area contributed by atoms with E-state index in [1.165, 1.54) is 12.1 Å². The van der Waals surface area contributed by atoms with Gasteiger partial charge in [0.1, 0.15) is 11.6 Å². The predicted molar refractivity (Wildman–Crippen MR) is 125 cm³/mol. The maximum atomic E-state index is 13.9. The van der Waals surface area contributed by atoms with Gasteiger partial charge in [0.25, 0.3) is 0 Å². The molecule has 168 valence electrons. The fourth-order valence-electron chi connectivity index (χ4n) is 4.91. The van der Waals surface area contributed by atoms with Gasteiger partial charge in [0.05, 0.1) is 11.6 Å². The zero-order valence-electron chi connectivity index (χ0n) is 17.9. The number of benzene rings is 3. The van der Waals surface area contributed by atoms with E-state index < -0.39 is 23.2 Å². The van der Waals surface area contributed by atoms with E-state index in [2.05, 4.69) is 4.90 Å². The molecule has 1 heterocycles. The minimum atomic E-state index is -1.14. The molecule has 1 aliphatic rings. The summed E-state index contributed by atoms with van der Waals surface area (Å²) in [6, 6.07) is 18.8. The average Bonchev–Trinajstić information content (AvgIpc) is 2.67. The Balaban J connectivity index is 1.65. The van der Waals surface area contributed by atoms with Gasteiger partial charge in [0, 0.05) is 35.1 Å². The first-order chi connectivity index (χ1) is 15.1. The highest BCUT2D eigenvalue weighted by atomic mass is 35.5. The molecule has 1 N–H and O–H groups in total. The van der Waals surface area contributed by atoms with Crippen LogP contribution in [0.5, 0.6) is 0 Å². The Morgan fingerprint density at radius 2 is 1.50 bits per heavy atom. The van der Waals surface area contributed by atoms with Crippen molar-refractivity contribution in [3.05, 3.63) is 105 Å².